The van der Waals surface area contributed by atoms with Gasteiger partial charge in [0.05, 0.1) is 0 Å². The highest BCUT2D eigenvalue weighted by atomic mass is 14.9. The zero-order valence-electron chi connectivity index (χ0n) is 11.4. The van der Waals surface area contributed by atoms with Crippen molar-refractivity contribution in [3.63, 3.8) is 0 Å². The third kappa shape index (κ3) is 3.32. The first-order valence-corrected chi connectivity index (χ1v) is 6.92. The van der Waals surface area contributed by atoms with Gasteiger partial charge in [-0.05, 0) is 30.7 Å². The average Bonchev–Trinajstić information content (AvgIpc) is 3.15. The molecule has 0 saturated heterocycles. The van der Waals surface area contributed by atoms with Crippen LogP contribution in [-0.4, -0.2) is 12.6 Å². The molecule has 0 bridgehead atoms. The molecule has 0 spiro atoms. The van der Waals surface area contributed by atoms with Gasteiger partial charge >= 0.3 is 0 Å². The van der Waals surface area contributed by atoms with Crippen LogP contribution in [0.25, 0.3) is 0 Å². The molecule has 1 fully saturated rings. The van der Waals surface area contributed by atoms with Crippen molar-refractivity contribution in [2.24, 2.45) is 5.92 Å². The van der Waals surface area contributed by atoms with Crippen molar-refractivity contribution in [1.29, 1.82) is 0 Å². The van der Waals surface area contributed by atoms with Crippen LogP contribution in [-0.2, 0) is 5.41 Å². The normalized spacial score (nSPS) is 18.1. The Kier molecular flexibility index (Phi) is 3.88. The van der Waals surface area contributed by atoms with Crippen molar-refractivity contribution in [3.8, 4) is 0 Å². The van der Waals surface area contributed by atoms with Crippen molar-refractivity contribution in [1.82, 2.24) is 5.32 Å². The van der Waals surface area contributed by atoms with Crippen LogP contribution < -0.4 is 5.32 Å². The molecule has 1 aromatic rings. The second-order valence-electron chi connectivity index (χ2n) is 5.98. The predicted octanol–water partition coefficient (Wildman–Crippen LogP) is 3.74. The van der Waals surface area contributed by atoms with Crippen LogP contribution in [0.15, 0.2) is 30.3 Å². The molecule has 1 saturated carbocycles. The maximum absolute atomic E-state index is 3.77. The molecule has 1 N–H and O–H groups in total. The summed E-state index contributed by atoms with van der Waals surface area (Å²) in [6, 6.07) is 11.6. The lowest BCUT2D eigenvalue weighted by Crippen LogP contribution is -2.40. The Morgan fingerprint density at radius 1 is 1.24 bits per heavy atom. The Balaban J connectivity index is 1.92. The predicted molar refractivity (Wildman–Crippen MR) is 74.3 cm³/mol. The number of hydrogen-bond acceptors (Lipinski definition) is 1. The van der Waals surface area contributed by atoms with Gasteiger partial charge in [0.2, 0.25) is 0 Å². The molecule has 1 aliphatic carbocycles. The Morgan fingerprint density at radius 2 is 1.88 bits per heavy atom. The van der Waals surface area contributed by atoms with Crippen molar-refractivity contribution in [3.05, 3.63) is 35.9 Å². The largest absolute Gasteiger partial charge is 0.313 e. The summed E-state index contributed by atoms with van der Waals surface area (Å²) in [5.41, 5.74) is 1.65. The first-order chi connectivity index (χ1) is 8.13. The summed E-state index contributed by atoms with van der Waals surface area (Å²) in [5.74, 6) is 0.951. The molecule has 0 aliphatic heterocycles. The summed E-state index contributed by atoms with van der Waals surface area (Å²) in [6.45, 7) is 8.03. The minimum atomic E-state index is 0.226. The summed E-state index contributed by atoms with van der Waals surface area (Å²) in [7, 11) is 0. The molecular formula is C16H25N. The van der Waals surface area contributed by atoms with E-state index in [0.717, 1.165) is 18.5 Å². The van der Waals surface area contributed by atoms with Gasteiger partial charge in [0.1, 0.15) is 0 Å². The van der Waals surface area contributed by atoms with Gasteiger partial charge in [-0.2, -0.15) is 0 Å². The lowest BCUT2D eigenvalue weighted by Gasteiger charge is -2.28. The molecule has 2 rings (SSSR count). The van der Waals surface area contributed by atoms with Gasteiger partial charge in [-0.15, -0.1) is 0 Å². The van der Waals surface area contributed by atoms with E-state index in [2.05, 4.69) is 56.4 Å². The lowest BCUT2D eigenvalue weighted by molar-refractivity contribution is 0.384. The van der Waals surface area contributed by atoms with E-state index in [1.54, 1.807) is 0 Å². The second kappa shape index (κ2) is 5.22. The van der Waals surface area contributed by atoms with Crippen LogP contribution in [0, 0.1) is 5.92 Å². The van der Waals surface area contributed by atoms with E-state index in [0.29, 0.717) is 0 Å². The van der Waals surface area contributed by atoms with Gasteiger partial charge in [-0.1, -0.05) is 51.1 Å². The maximum Gasteiger partial charge on any atom is 0.00930 e. The van der Waals surface area contributed by atoms with Gasteiger partial charge in [-0.3, -0.25) is 0 Å². The molecule has 1 unspecified atom stereocenters. The van der Waals surface area contributed by atoms with Crippen molar-refractivity contribution < 1.29 is 0 Å². The first kappa shape index (κ1) is 12.6. The van der Waals surface area contributed by atoms with E-state index < -0.39 is 0 Å². The molecule has 17 heavy (non-hydrogen) atoms. The monoisotopic (exact) mass is 231 g/mol. The molecule has 1 heteroatoms. The summed E-state index contributed by atoms with van der Waals surface area (Å²) in [6.07, 6.45) is 4.12. The van der Waals surface area contributed by atoms with Crippen LogP contribution in [0.3, 0.4) is 0 Å². The van der Waals surface area contributed by atoms with Gasteiger partial charge in [0.15, 0.2) is 0 Å². The number of nitrogens with one attached hydrogen (secondary N) is 1. The first-order valence-electron chi connectivity index (χ1n) is 6.92. The molecule has 1 atom stereocenters. The highest BCUT2D eigenvalue weighted by Gasteiger charge is 2.31. The molecule has 0 amide bonds. The maximum atomic E-state index is 3.77. The molecule has 0 aromatic heterocycles. The molecule has 0 radical (unpaired) electrons. The molecular weight excluding hydrogens is 206 g/mol. The summed E-state index contributed by atoms with van der Waals surface area (Å²) in [5, 5.41) is 3.77. The van der Waals surface area contributed by atoms with Crippen LogP contribution >= 0.6 is 0 Å². The Morgan fingerprint density at radius 3 is 2.41 bits per heavy atom. The topological polar surface area (TPSA) is 12.0 Å². The average molecular weight is 231 g/mol. The SMILES string of the molecule is CCC(NCC(C)(C)c1ccccc1)C1CC1. The molecule has 0 heterocycles. The number of rotatable bonds is 6. The molecule has 94 valence electrons. The Labute approximate surface area is 106 Å². The van der Waals surface area contributed by atoms with Gasteiger partial charge in [0, 0.05) is 18.0 Å². The fourth-order valence-electron chi connectivity index (χ4n) is 2.52. The molecule has 1 aliphatic rings. The van der Waals surface area contributed by atoms with Crippen molar-refractivity contribution in [2.75, 3.05) is 6.54 Å². The number of hydrogen-bond donors (Lipinski definition) is 1. The van der Waals surface area contributed by atoms with Crippen molar-refractivity contribution in [2.45, 2.75) is 51.5 Å². The third-order valence-corrected chi connectivity index (χ3v) is 3.99. The molecule has 1 nitrogen and oxygen atoms in total. The second-order valence-corrected chi connectivity index (χ2v) is 5.98. The summed E-state index contributed by atoms with van der Waals surface area (Å²) in [4.78, 5) is 0. The van der Waals surface area contributed by atoms with E-state index in [9.17, 15) is 0 Å². The van der Waals surface area contributed by atoms with E-state index >= 15 is 0 Å². The van der Waals surface area contributed by atoms with Crippen LogP contribution in [0.1, 0.15) is 45.6 Å². The highest BCUT2D eigenvalue weighted by Crippen LogP contribution is 2.34. The Bertz CT molecular complexity index is 338. The fourth-order valence-corrected chi connectivity index (χ4v) is 2.52. The lowest BCUT2D eigenvalue weighted by atomic mass is 9.84. The number of benzene rings is 1. The van der Waals surface area contributed by atoms with Crippen LogP contribution in [0.5, 0.6) is 0 Å². The zero-order chi connectivity index (χ0) is 12.3. The van der Waals surface area contributed by atoms with E-state index in [1.807, 2.05) is 0 Å². The summed E-state index contributed by atoms with van der Waals surface area (Å²) >= 11 is 0. The molecule has 1 aromatic carbocycles. The Hall–Kier alpha value is -0.820. The van der Waals surface area contributed by atoms with Gasteiger partial charge in [0.25, 0.3) is 0 Å². The van der Waals surface area contributed by atoms with E-state index in [1.165, 1.54) is 24.8 Å². The summed E-state index contributed by atoms with van der Waals surface area (Å²) < 4.78 is 0. The quantitative estimate of drug-likeness (QED) is 0.786. The van der Waals surface area contributed by atoms with Crippen LogP contribution in [0.4, 0.5) is 0 Å². The van der Waals surface area contributed by atoms with E-state index in [4.69, 9.17) is 0 Å². The van der Waals surface area contributed by atoms with Crippen LogP contribution in [0.2, 0.25) is 0 Å². The smallest absolute Gasteiger partial charge is 0.00930 e. The highest BCUT2D eigenvalue weighted by molar-refractivity contribution is 5.23. The zero-order valence-corrected chi connectivity index (χ0v) is 11.4. The fraction of sp³-hybridized carbons (Fsp3) is 0.625. The third-order valence-electron chi connectivity index (χ3n) is 3.99. The minimum absolute atomic E-state index is 0.226. The standard InChI is InChI=1S/C16H25N/c1-4-15(13-10-11-13)17-12-16(2,3)14-8-6-5-7-9-14/h5-9,13,15,17H,4,10-12H2,1-3H3. The van der Waals surface area contributed by atoms with Gasteiger partial charge < -0.3 is 5.32 Å². The minimum Gasteiger partial charge on any atom is -0.313 e. The van der Waals surface area contributed by atoms with E-state index in [-0.39, 0.29) is 5.41 Å². The van der Waals surface area contributed by atoms with Crippen molar-refractivity contribution >= 4 is 0 Å². The van der Waals surface area contributed by atoms with Gasteiger partial charge in [-0.25, -0.2) is 0 Å².